The Labute approximate surface area is 119 Å². The quantitative estimate of drug-likeness (QED) is 0.695. The van der Waals surface area contributed by atoms with Gasteiger partial charge in [0.25, 0.3) is 0 Å². The Bertz CT molecular complexity index is 420. The van der Waals surface area contributed by atoms with Crippen LogP contribution < -0.4 is 0 Å². The monoisotopic (exact) mass is 310 g/mol. The molecule has 0 N–H and O–H groups in total. The van der Waals surface area contributed by atoms with Gasteiger partial charge in [0.2, 0.25) is 0 Å². The molecular formula is C16H23BrO. The molecule has 0 aromatic heterocycles. The highest BCUT2D eigenvalue weighted by atomic mass is 79.9. The summed E-state index contributed by atoms with van der Waals surface area (Å²) in [6.45, 7) is 10.8. The van der Waals surface area contributed by atoms with E-state index < -0.39 is 0 Å². The summed E-state index contributed by atoms with van der Waals surface area (Å²) < 4.78 is 5.47. The molecule has 1 aliphatic rings. The predicted octanol–water partition coefficient (Wildman–Crippen LogP) is 5.23. The summed E-state index contributed by atoms with van der Waals surface area (Å²) in [6, 6.07) is 6.76. The summed E-state index contributed by atoms with van der Waals surface area (Å²) in [6.07, 6.45) is 1.17. The highest BCUT2D eigenvalue weighted by Crippen LogP contribution is 2.38. The van der Waals surface area contributed by atoms with E-state index in [0.717, 1.165) is 13.2 Å². The summed E-state index contributed by atoms with van der Waals surface area (Å²) in [7, 11) is 0. The summed E-state index contributed by atoms with van der Waals surface area (Å²) >= 11 is 3.85. The molecule has 0 bridgehead atoms. The second kappa shape index (κ2) is 5.34. The van der Waals surface area contributed by atoms with Crippen LogP contribution in [0.3, 0.4) is 0 Å². The average Bonchev–Trinajstić information content (AvgIpc) is 2.74. The highest BCUT2D eigenvalue weighted by molar-refractivity contribution is 9.09. The van der Waals surface area contributed by atoms with Crippen molar-refractivity contribution in [3.8, 4) is 0 Å². The lowest BCUT2D eigenvalue weighted by Crippen LogP contribution is -2.18. The van der Waals surface area contributed by atoms with Gasteiger partial charge in [0, 0.05) is 4.83 Å². The molecule has 1 nitrogen and oxygen atoms in total. The van der Waals surface area contributed by atoms with Crippen LogP contribution in [-0.2, 0) is 18.0 Å². The Kier molecular flexibility index (Phi) is 4.18. The van der Waals surface area contributed by atoms with E-state index in [1.54, 1.807) is 0 Å². The molecule has 0 saturated heterocycles. The van der Waals surface area contributed by atoms with Crippen molar-refractivity contribution in [1.82, 2.24) is 0 Å². The number of benzene rings is 1. The minimum atomic E-state index is 0.367. The fourth-order valence-corrected chi connectivity index (χ4v) is 3.03. The maximum absolute atomic E-state index is 5.47. The number of alkyl halides is 1. The van der Waals surface area contributed by atoms with Gasteiger partial charge in [-0.25, -0.2) is 0 Å². The van der Waals surface area contributed by atoms with Gasteiger partial charge >= 0.3 is 0 Å². The normalized spacial score (nSPS) is 18.5. The zero-order chi connectivity index (χ0) is 13.3. The molecule has 0 fully saturated rings. The van der Waals surface area contributed by atoms with Crippen LogP contribution in [0.5, 0.6) is 0 Å². The molecule has 1 aliphatic heterocycles. The predicted molar refractivity (Wildman–Crippen MR) is 79.8 cm³/mol. The molecular weight excluding hydrogens is 288 g/mol. The lowest BCUT2D eigenvalue weighted by molar-refractivity contribution is 0.134. The molecule has 1 aromatic carbocycles. The Morgan fingerprint density at radius 3 is 2.56 bits per heavy atom. The molecule has 0 amide bonds. The Hall–Kier alpha value is -0.340. The van der Waals surface area contributed by atoms with Gasteiger partial charge in [0.15, 0.2) is 0 Å². The van der Waals surface area contributed by atoms with Crippen molar-refractivity contribution in [2.45, 2.75) is 52.2 Å². The molecule has 0 radical (unpaired) electrons. The van der Waals surface area contributed by atoms with E-state index in [2.05, 4.69) is 61.8 Å². The highest BCUT2D eigenvalue weighted by Gasteiger charge is 2.24. The van der Waals surface area contributed by atoms with Gasteiger partial charge in [0.1, 0.15) is 0 Å². The first kappa shape index (κ1) is 14.1. The summed E-state index contributed by atoms with van der Waals surface area (Å²) in [5, 5.41) is 0. The zero-order valence-corrected chi connectivity index (χ0v) is 13.4. The van der Waals surface area contributed by atoms with Crippen molar-refractivity contribution >= 4 is 15.9 Å². The van der Waals surface area contributed by atoms with Crippen molar-refractivity contribution in [2.24, 2.45) is 11.3 Å². The first-order valence-electron chi connectivity index (χ1n) is 6.71. The van der Waals surface area contributed by atoms with Crippen LogP contribution in [0.25, 0.3) is 0 Å². The average molecular weight is 311 g/mol. The van der Waals surface area contributed by atoms with E-state index in [-0.39, 0.29) is 0 Å². The molecule has 0 aliphatic carbocycles. The van der Waals surface area contributed by atoms with Crippen molar-refractivity contribution in [3.05, 3.63) is 34.9 Å². The molecule has 2 heteroatoms. The minimum Gasteiger partial charge on any atom is -0.372 e. The van der Waals surface area contributed by atoms with E-state index >= 15 is 0 Å². The van der Waals surface area contributed by atoms with E-state index in [0.29, 0.717) is 16.2 Å². The van der Waals surface area contributed by atoms with Gasteiger partial charge in [-0.3, -0.25) is 0 Å². The lowest BCUT2D eigenvalue weighted by Gasteiger charge is -2.29. The Balaban J connectivity index is 2.07. The summed E-state index contributed by atoms with van der Waals surface area (Å²) in [5.74, 6) is 0.686. The fourth-order valence-electron chi connectivity index (χ4n) is 2.19. The van der Waals surface area contributed by atoms with E-state index in [1.807, 2.05) is 0 Å². The van der Waals surface area contributed by atoms with E-state index in [1.165, 1.54) is 23.1 Å². The molecule has 1 heterocycles. The molecule has 18 heavy (non-hydrogen) atoms. The fraction of sp³-hybridized carbons (Fsp3) is 0.625. The van der Waals surface area contributed by atoms with Crippen LogP contribution in [0.4, 0.5) is 0 Å². The van der Waals surface area contributed by atoms with Gasteiger partial charge < -0.3 is 4.74 Å². The molecule has 0 spiro atoms. The third-order valence-corrected chi connectivity index (χ3v) is 5.05. The molecule has 0 saturated carbocycles. The lowest BCUT2D eigenvalue weighted by atomic mass is 9.79. The maximum Gasteiger partial charge on any atom is 0.0725 e. The third-order valence-electron chi connectivity index (χ3n) is 4.15. The largest absolute Gasteiger partial charge is 0.372 e. The second-order valence-electron chi connectivity index (χ2n) is 6.49. The van der Waals surface area contributed by atoms with Gasteiger partial charge in [-0.2, -0.15) is 0 Å². The summed E-state index contributed by atoms with van der Waals surface area (Å²) in [4.78, 5) is 0.442. The maximum atomic E-state index is 5.47. The van der Waals surface area contributed by atoms with Gasteiger partial charge in [-0.15, -0.1) is 0 Å². The van der Waals surface area contributed by atoms with Crippen LogP contribution >= 0.6 is 15.9 Å². The van der Waals surface area contributed by atoms with Crippen molar-refractivity contribution in [1.29, 1.82) is 0 Å². The topological polar surface area (TPSA) is 9.23 Å². The number of ether oxygens (including phenoxy) is 1. The Morgan fingerprint density at radius 1 is 1.22 bits per heavy atom. The molecule has 100 valence electrons. The molecule has 2 rings (SSSR count). The van der Waals surface area contributed by atoms with E-state index in [9.17, 15) is 0 Å². The SMILES string of the molecule is CC(CC(Br)c1ccc2c(c1)COC2)C(C)(C)C. The zero-order valence-electron chi connectivity index (χ0n) is 11.8. The van der Waals surface area contributed by atoms with Crippen LogP contribution in [0.2, 0.25) is 0 Å². The van der Waals surface area contributed by atoms with Gasteiger partial charge in [0.05, 0.1) is 13.2 Å². The van der Waals surface area contributed by atoms with Crippen molar-refractivity contribution in [2.75, 3.05) is 0 Å². The summed E-state index contributed by atoms with van der Waals surface area (Å²) in [5.41, 5.74) is 4.46. The van der Waals surface area contributed by atoms with E-state index in [4.69, 9.17) is 4.74 Å². The number of hydrogen-bond acceptors (Lipinski definition) is 1. The van der Waals surface area contributed by atoms with Crippen molar-refractivity contribution in [3.63, 3.8) is 0 Å². The number of halogens is 1. The Morgan fingerprint density at radius 2 is 1.89 bits per heavy atom. The number of rotatable bonds is 3. The first-order valence-corrected chi connectivity index (χ1v) is 7.63. The van der Waals surface area contributed by atoms with Crippen LogP contribution in [0.15, 0.2) is 18.2 Å². The second-order valence-corrected chi connectivity index (χ2v) is 7.60. The van der Waals surface area contributed by atoms with Crippen LogP contribution in [0.1, 0.15) is 55.6 Å². The van der Waals surface area contributed by atoms with Gasteiger partial charge in [-0.05, 0) is 34.4 Å². The standard InChI is InChI=1S/C16H23BrO/c1-11(16(2,3)4)7-15(17)12-5-6-13-9-18-10-14(13)8-12/h5-6,8,11,15H,7,9-10H2,1-4H3. The molecule has 1 aromatic rings. The number of hydrogen-bond donors (Lipinski definition) is 0. The number of fused-ring (bicyclic) bond motifs is 1. The smallest absolute Gasteiger partial charge is 0.0725 e. The third kappa shape index (κ3) is 3.16. The minimum absolute atomic E-state index is 0.367. The van der Waals surface area contributed by atoms with Crippen molar-refractivity contribution < 1.29 is 4.74 Å². The van der Waals surface area contributed by atoms with Gasteiger partial charge in [-0.1, -0.05) is 61.8 Å². The molecule has 2 unspecified atom stereocenters. The van der Waals surface area contributed by atoms with Crippen LogP contribution in [0, 0.1) is 11.3 Å². The van der Waals surface area contributed by atoms with Crippen LogP contribution in [-0.4, -0.2) is 0 Å². The molecule has 2 atom stereocenters. The first-order chi connectivity index (χ1) is 8.38.